The Balaban J connectivity index is 0.000000252. The summed E-state index contributed by atoms with van der Waals surface area (Å²) in [6, 6.07) is 10.6. The highest BCUT2D eigenvalue weighted by Crippen LogP contribution is 2.33. The molecule has 61 heavy (non-hydrogen) atoms. The molecule has 0 N–H and O–H groups in total. The average Bonchev–Trinajstić information content (AvgIpc) is 3.14. The van der Waals surface area contributed by atoms with E-state index >= 15 is 0 Å². The molecule has 3 fully saturated rings. The first-order chi connectivity index (χ1) is 28.3. The van der Waals surface area contributed by atoms with Crippen molar-refractivity contribution in [3.05, 3.63) is 61.1 Å². The third-order valence-corrected chi connectivity index (χ3v) is 10.1. The quantitative estimate of drug-likeness (QED) is 0.101. The largest absolute Gasteiger partial charge is 0.494 e. The van der Waals surface area contributed by atoms with Crippen molar-refractivity contribution >= 4 is 65.3 Å². The van der Waals surface area contributed by atoms with Crippen molar-refractivity contribution in [1.82, 2.24) is 0 Å². The summed E-state index contributed by atoms with van der Waals surface area (Å²) in [6.07, 6.45) is 0. The van der Waals surface area contributed by atoms with E-state index in [-0.39, 0.29) is 51.5 Å². The zero-order chi connectivity index (χ0) is 45.9. The molecule has 0 aromatic heterocycles. The van der Waals surface area contributed by atoms with Crippen molar-refractivity contribution in [3.8, 4) is 0 Å². The molecule has 5 rings (SSSR count). The fourth-order valence-corrected chi connectivity index (χ4v) is 7.28. The predicted molar refractivity (Wildman–Crippen MR) is 252 cm³/mol. The van der Waals surface area contributed by atoms with E-state index in [4.69, 9.17) is 27.9 Å². The standard InChI is InChI=1S/C19H31BN2O4.C14H21BrN2O2.C10H20B2O4/c1-14(2)10-21(11-15(3)4)17-8-7-16(9-18(17)22(23)24)20-25-12-19(5,6)13-26-20;1-10(2)8-16(9-11(3)4)13-6-5-12(15)7-14(13)17(18)19;1-9(2)5-13-11(14-6-9)12-15-7-10(3,4)8-16-12/h7-9,14-15H,10-13H2,1-6H3;5-7,10-11H,8-9H2,1-4H3;5-8H2,1-4H3. The van der Waals surface area contributed by atoms with Crippen LogP contribution in [0.3, 0.4) is 0 Å². The zero-order valence-electron chi connectivity index (χ0n) is 39.3. The molecule has 2 aromatic carbocycles. The highest BCUT2D eigenvalue weighted by atomic mass is 79.9. The Labute approximate surface area is 375 Å². The molecule has 340 valence electrons. The zero-order valence-corrected chi connectivity index (χ0v) is 40.9. The molecule has 3 saturated heterocycles. The summed E-state index contributed by atoms with van der Waals surface area (Å²) >= 11 is 3.29. The monoisotopic (exact) mass is 916 g/mol. The molecule has 2 aromatic rings. The summed E-state index contributed by atoms with van der Waals surface area (Å²) in [5, 5.41) is 22.9. The first-order valence-corrected chi connectivity index (χ1v) is 22.5. The molecule has 0 radical (unpaired) electrons. The van der Waals surface area contributed by atoms with Crippen LogP contribution in [0.4, 0.5) is 22.7 Å². The van der Waals surface area contributed by atoms with Gasteiger partial charge in [-0.15, -0.1) is 0 Å². The van der Waals surface area contributed by atoms with E-state index in [0.29, 0.717) is 80.2 Å². The van der Waals surface area contributed by atoms with Crippen LogP contribution in [-0.4, -0.2) is 96.8 Å². The van der Waals surface area contributed by atoms with E-state index in [1.54, 1.807) is 12.1 Å². The molecule has 3 heterocycles. The minimum atomic E-state index is -0.542. The summed E-state index contributed by atoms with van der Waals surface area (Å²) in [7, 11) is -1.28. The van der Waals surface area contributed by atoms with E-state index in [9.17, 15) is 20.2 Å². The smallest absolute Gasteiger partial charge is 0.413 e. The normalized spacial score (nSPS) is 18.4. The number of halogens is 1. The van der Waals surface area contributed by atoms with E-state index in [1.165, 1.54) is 0 Å². The van der Waals surface area contributed by atoms with Crippen LogP contribution in [0.15, 0.2) is 40.9 Å². The second-order valence-corrected chi connectivity index (χ2v) is 21.6. The van der Waals surface area contributed by atoms with Crippen LogP contribution in [0.25, 0.3) is 0 Å². The van der Waals surface area contributed by atoms with E-state index in [1.807, 2.05) is 24.3 Å². The number of rotatable bonds is 14. The summed E-state index contributed by atoms with van der Waals surface area (Å²) in [5.41, 5.74) is 2.48. The molecule has 0 spiro atoms. The Morgan fingerprint density at radius 3 is 1.20 bits per heavy atom. The number of nitro benzene ring substituents is 2. The maximum atomic E-state index is 11.7. The van der Waals surface area contributed by atoms with Crippen molar-refractivity contribution in [2.45, 2.75) is 96.9 Å². The molecule has 0 unspecified atom stereocenters. The van der Waals surface area contributed by atoms with Gasteiger partial charge in [0.05, 0.1) is 9.85 Å². The van der Waals surface area contributed by atoms with Crippen molar-refractivity contribution < 1.29 is 37.8 Å². The van der Waals surface area contributed by atoms with Crippen LogP contribution in [0.2, 0.25) is 0 Å². The van der Waals surface area contributed by atoms with Gasteiger partial charge in [-0.1, -0.05) is 119 Å². The summed E-state index contributed by atoms with van der Waals surface area (Å²) in [5.74, 6) is 1.75. The summed E-state index contributed by atoms with van der Waals surface area (Å²) in [4.78, 5) is 26.5. The molecule has 0 amide bonds. The van der Waals surface area contributed by atoms with Crippen LogP contribution in [0.1, 0.15) is 96.9 Å². The summed E-state index contributed by atoms with van der Waals surface area (Å²) < 4.78 is 34.8. The molecule has 0 aliphatic carbocycles. The van der Waals surface area contributed by atoms with Crippen molar-refractivity contribution in [1.29, 1.82) is 0 Å². The Morgan fingerprint density at radius 2 is 0.869 bits per heavy atom. The maximum Gasteiger partial charge on any atom is 0.494 e. The van der Waals surface area contributed by atoms with Gasteiger partial charge in [-0.2, -0.15) is 0 Å². The van der Waals surface area contributed by atoms with E-state index in [0.717, 1.165) is 30.7 Å². The first kappa shape index (κ1) is 52.6. The van der Waals surface area contributed by atoms with Crippen LogP contribution in [-0.2, 0) is 27.9 Å². The average molecular weight is 917 g/mol. The predicted octanol–water partition coefficient (Wildman–Crippen LogP) is 9.14. The SMILES string of the molecule is CC(C)CN(CC(C)C)c1ccc(B2OCC(C)(C)CO2)cc1[N+](=O)[O-].CC(C)CN(CC(C)C)c1ccc(Br)cc1[N+](=O)[O-].CC1(C)COB(B2OCC(C)(C)CO2)OC1. The number of hydrogen-bond acceptors (Lipinski definition) is 12. The highest BCUT2D eigenvalue weighted by Gasteiger charge is 2.47. The third kappa shape index (κ3) is 17.8. The highest BCUT2D eigenvalue weighted by molar-refractivity contribution is 9.10. The Hall–Kier alpha value is -2.73. The first-order valence-electron chi connectivity index (χ1n) is 21.7. The van der Waals surface area contributed by atoms with Crippen LogP contribution < -0.4 is 15.3 Å². The lowest BCUT2D eigenvalue weighted by Crippen LogP contribution is -2.56. The van der Waals surface area contributed by atoms with Gasteiger partial charge in [-0.05, 0) is 47.3 Å². The summed E-state index contributed by atoms with van der Waals surface area (Å²) in [6.45, 7) is 36.7. The van der Waals surface area contributed by atoms with Gasteiger partial charge >= 0.3 is 21.1 Å². The fraction of sp³-hybridized carbons (Fsp3) is 0.721. The lowest BCUT2D eigenvalue weighted by Gasteiger charge is -2.38. The van der Waals surface area contributed by atoms with Crippen LogP contribution in [0, 0.1) is 60.1 Å². The van der Waals surface area contributed by atoms with E-state index in [2.05, 4.69) is 123 Å². The second kappa shape index (κ2) is 23.3. The van der Waals surface area contributed by atoms with Gasteiger partial charge in [0.25, 0.3) is 11.4 Å². The Morgan fingerprint density at radius 1 is 0.557 bits per heavy atom. The number of nitrogens with zero attached hydrogens (tertiary/aromatic N) is 4. The lowest BCUT2D eigenvalue weighted by atomic mass is 9.47. The van der Waals surface area contributed by atoms with Crippen LogP contribution in [0.5, 0.6) is 0 Å². The van der Waals surface area contributed by atoms with Gasteiger partial charge in [0.2, 0.25) is 0 Å². The molecule has 14 nitrogen and oxygen atoms in total. The molecule has 3 aliphatic heterocycles. The number of nitro groups is 2. The van der Waals surface area contributed by atoms with Crippen LogP contribution >= 0.6 is 15.9 Å². The van der Waals surface area contributed by atoms with Crippen molar-refractivity contribution in [2.24, 2.45) is 39.9 Å². The third-order valence-electron chi connectivity index (χ3n) is 9.65. The number of benzene rings is 2. The van der Waals surface area contributed by atoms with Crippen molar-refractivity contribution in [3.63, 3.8) is 0 Å². The van der Waals surface area contributed by atoms with Gasteiger partial charge < -0.3 is 37.7 Å². The minimum absolute atomic E-state index is 0.0340. The van der Waals surface area contributed by atoms with Gasteiger partial charge in [0, 0.05) is 98.7 Å². The molecular formula is C43H72B3BrN4O10. The van der Waals surface area contributed by atoms with Gasteiger partial charge in [0.15, 0.2) is 0 Å². The Bertz CT molecular complexity index is 1640. The topological polar surface area (TPSA) is 148 Å². The van der Waals surface area contributed by atoms with Crippen molar-refractivity contribution in [2.75, 3.05) is 75.6 Å². The maximum absolute atomic E-state index is 11.7. The lowest BCUT2D eigenvalue weighted by molar-refractivity contribution is -0.384. The number of anilines is 2. The minimum Gasteiger partial charge on any atom is -0.413 e. The molecule has 0 saturated carbocycles. The Kier molecular flexibility index (Phi) is 20.1. The van der Waals surface area contributed by atoms with E-state index < -0.39 is 7.12 Å². The van der Waals surface area contributed by atoms with Gasteiger partial charge in [-0.3, -0.25) is 20.2 Å². The molecule has 3 aliphatic rings. The molecule has 0 bridgehead atoms. The molecular weight excluding hydrogens is 845 g/mol. The fourth-order valence-electron chi connectivity index (χ4n) is 6.93. The van der Waals surface area contributed by atoms with Gasteiger partial charge in [0.1, 0.15) is 11.4 Å². The second-order valence-electron chi connectivity index (χ2n) is 20.7. The number of hydrogen-bond donors (Lipinski definition) is 0. The van der Waals surface area contributed by atoms with Gasteiger partial charge in [-0.25, -0.2) is 0 Å². The molecule has 0 atom stereocenters. The molecule has 18 heteroatoms.